The van der Waals surface area contributed by atoms with Gasteiger partial charge in [0.2, 0.25) is 0 Å². The molecule has 0 saturated heterocycles. The molecule has 2 aromatic heterocycles. The molecule has 5 nitrogen and oxygen atoms in total. The van der Waals surface area contributed by atoms with Crippen molar-refractivity contribution in [3.63, 3.8) is 0 Å². The molecule has 3 N–H and O–H groups in total. The van der Waals surface area contributed by atoms with Crippen LogP contribution in [0.4, 0.5) is 0 Å². The Morgan fingerprint density at radius 3 is 2.88 bits per heavy atom. The van der Waals surface area contributed by atoms with Gasteiger partial charge in [-0.05, 0) is 19.9 Å². The summed E-state index contributed by atoms with van der Waals surface area (Å²) in [5, 5.41) is 9.05. The fourth-order valence-corrected chi connectivity index (χ4v) is 1.58. The summed E-state index contributed by atoms with van der Waals surface area (Å²) in [5.74, 6) is -0.134. The standard InChI is InChI=1S/C12H15N3O2/c1-12(2,11(16)17)5-10-14-7-9(15-10)8-3-4-13-6-8/h3-4,6-7,13H,5H2,1-2H3,(H,14,15)(H,16,17). The minimum Gasteiger partial charge on any atom is -0.481 e. The van der Waals surface area contributed by atoms with Gasteiger partial charge in [-0.25, -0.2) is 4.98 Å². The molecule has 0 spiro atoms. The first kappa shape index (κ1) is 11.4. The topological polar surface area (TPSA) is 81.8 Å². The van der Waals surface area contributed by atoms with E-state index in [0.29, 0.717) is 12.2 Å². The van der Waals surface area contributed by atoms with Gasteiger partial charge in [0, 0.05) is 24.4 Å². The van der Waals surface area contributed by atoms with Crippen molar-refractivity contribution in [2.75, 3.05) is 0 Å². The number of carboxylic acids is 1. The van der Waals surface area contributed by atoms with E-state index >= 15 is 0 Å². The number of hydrogen-bond donors (Lipinski definition) is 3. The third-order valence-corrected chi connectivity index (χ3v) is 2.73. The summed E-state index contributed by atoms with van der Waals surface area (Å²) in [7, 11) is 0. The lowest BCUT2D eigenvalue weighted by Gasteiger charge is -2.16. The summed E-state index contributed by atoms with van der Waals surface area (Å²) < 4.78 is 0. The van der Waals surface area contributed by atoms with Gasteiger partial charge in [0.15, 0.2) is 0 Å². The van der Waals surface area contributed by atoms with Crippen LogP contribution in [0.5, 0.6) is 0 Å². The SMILES string of the molecule is CC(C)(Cc1ncc(-c2cc[nH]c2)[nH]1)C(=O)O. The third-order valence-electron chi connectivity index (χ3n) is 2.73. The van der Waals surface area contributed by atoms with Crippen molar-refractivity contribution in [2.24, 2.45) is 5.41 Å². The molecule has 2 heterocycles. The van der Waals surface area contributed by atoms with Gasteiger partial charge < -0.3 is 15.1 Å². The zero-order valence-corrected chi connectivity index (χ0v) is 9.82. The van der Waals surface area contributed by atoms with Crippen LogP contribution in [0.3, 0.4) is 0 Å². The number of rotatable bonds is 4. The smallest absolute Gasteiger partial charge is 0.309 e. The number of aliphatic carboxylic acids is 1. The summed E-state index contributed by atoms with van der Waals surface area (Å²) in [6, 6.07) is 1.93. The Balaban J connectivity index is 2.17. The Morgan fingerprint density at radius 2 is 2.29 bits per heavy atom. The Morgan fingerprint density at radius 1 is 1.53 bits per heavy atom. The minimum atomic E-state index is -0.822. The first-order valence-corrected chi connectivity index (χ1v) is 5.39. The maximum Gasteiger partial charge on any atom is 0.309 e. The van der Waals surface area contributed by atoms with E-state index in [1.54, 1.807) is 20.0 Å². The van der Waals surface area contributed by atoms with Gasteiger partial charge in [-0.1, -0.05) is 0 Å². The van der Waals surface area contributed by atoms with Crippen molar-refractivity contribution in [3.05, 3.63) is 30.5 Å². The number of nitrogens with one attached hydrogen (secondary N) is 2. The number of carboxylic acid groups (broad SMARTS) is 1. The van der Waals surface area contributed by atoms with E-state index in [0.717, 1.165) is 11.3 Å². The molecule has 0 unspecified atom stereocenters. The van der Waals surface area contributed by atoms with E-state index in [1.165, 1.54) is 0 Å². The molecule has 2 rings (SSSR count). The van der Waals surface area contributed by atoms with Gasteiger partial charge in [0.1, 0.15) is 5.82 Å². The molecule has 0 aliphatic heterocycles. The maximum absolute atomic E-state index is 11.0. The second kappa shape index (κ2) is 4.08. The van der Waals surface area contributed by atoms with E-state index in [2.05, 4.69) is 15.0 Å². The number of aromatic nitrogens is 3. The molecule has 0 fully saturated rings. The summed E-state index contributed by atoms with van der Waals surface area (Å²) in [6.45, 7) is 3.38. The first-order valence-electron chi connectivity index (χ1n) is 5.39. The Hall–Kier alpha value is -2.04. The summed E-state index contributed by atoms with van der Waals surface area (Å²) in [4.78, 5) is 21.3. The summed E-state index contributed by atoms with van der Waals surface area (Å²) >= 11 is 0. The number of hydrogen-bond acceptors (Lipinski definition) is 2. The number of aromatic amines is 2. The predicted octanol–water partition coefficient (Wildman–Crippen LogP) is 2.06. The quantitative estimate of drug-likeness (QED) is 0.756. The predicted molar refractivity (Wildman–Crippen MR) is 63.5 cm³/mol. The lowest BCUT2D eigenvalue weighted by atomic mass is 9.89. The second-order valence-electron chi connectivity index (χ2n) is 4.71. The van der Waals surface area contributed by atoms with Crippen molar-refractivity contribution < 1.29 is 9.90 Å². The number of nitrogens with zero attached hydrogens (tertiary/aromatic N) is 1. The van der Waals surface area contributed by atoms with E-state index in [1.807, 2.05) is 18.5 Å². The molecule has 2 aromatic rings. The highest BCUT2D eigenvalue weighted by atomic mass is 16.4. The third kappa shape index (κ3) is 2.38. The van der Waals surface area contributed by atoms with Crippen LogP contribution >= 0.6 is 0 Å². The monoisotopic (exact) mass is 233 g/mol. The van der Waals surface area contributed by atoms with Crippen LogP contribution in [0.1, 0.15) is 19.7 Å². The van der Waals surface area contributed by atoms with E-state index in [-0.39, 0.29) is 0 Å². The molecule has 5 heteroatoms. The van der Waals surface area contributed by atoms with Crippen LogP contribution < -0.4 is 0 Å². The van der Waals surface area contributed by atoms with E-state index in [4.69, 9.17) is 5.11 Å². The number of H-pyrrole nitrogens is 2. The minimum absolute atomic E-state index is 0.382. The zero-order valence-electron chi connectivity index (χ0n) is 9.82. The van der Waals surface area contributed by atoms with Crippen LogP contribution in [-0.2, 0) is 11.2 Å². The number of carbonyl (C=O) groups is 1. The fraction of sp³-hybridized carbons (Fsp3) is 0.333. The molecular weight excluding hydrogens is 218 g/mol. The van der Waals surface area contributed by atoms with Crippen LogP contribution in [0, 0.1) is 5.41 Å². The van der Waals surface area contributed by atoms with Gasteiger partial charge in [-0.3, -0.25) is 4.79 Å². The average molecular weight is 233 g/mol. The van der Waals surface area contributed by atoms with Crippen LogP contribution in [0.15, 0.2) is 24.7 Å². The molecule has 0 radical (unpaired) electrons. The van der Waals surface area contributed by atoms with Gasteiger partial charge in [-0.15, -0.1) is 0 Å². The van der Waals surface area contributed by atoms with Crippen molar-refractivity contribution in [3.8, 4) is 11.3 Å². The lowest BCUT2D eigenvalue weighted by molar-refractivity contribution is -0.146. The molecule has 0 aliphatic carbocycles. The maximum atomic E-state index is 11.0. The molecule has 0 aromatic carbocycles. The van der Waals surface area contributed by atoms with Crippen LogP contribution in [0.2, 0.25) is 0 Å². The first-order chi connectivity index (χ1) is 7.99. The van der Waals surface area contributed by atoms with Crippen molar-refractivity contribution in [1.29, 1.82) is 0 Å². The average Bonchev–Trinajstić information content (AvgIpc) is 2.85. The molecule has 0 amide bonds. The number of imidazole rings is 1. The van der Waals surface area contributed by atoms with Crippen LogP contribution in [0.25, 0.3) is 11.3 Å². The molecule has 0 bridgehead atoms. The van der Waals surface area contributed by atoms with Crippen molar-refractivity contribution in [1.82, 2.24) is 15.0 Å². The fourth-order valence-electron chi connectivity index (χ4n) is 1.58. The zero-order chi connectivity index (χ0) is 12.5. The molecular formula is C12H15N3O2. The Labute approximate surface area is 98.9 Å². The highest BCUT2D eigenvalue weighted by molar-refractivity contribution is 5.73. The summed E-state index contributed by atoms with van der Waals surface area (Å²) in [6.07, 6.45) is 5.79. The van der Waals surface area contributed by atoms with Gasteiger partial charge in [0.05, 0.1) is 17.3 Å². The van der Waals surface area contributed by atoms with Gasteiger partial charge in [-0.2, -0.15) is 0 Å². The normalized spacial score (nSPS) is 11.6. The summed E-state index contributed by atoms with van der Waals surface area (Å²) in [5.41, 5.74) is 1.09. The Kier molecular flexibility index (Phi) is 2.75. The lowest BCUT2D eigenvalue weighted by Crippen LogP contribution is -2.26. The van der Waals surface area contributed by atoms with Crippen molar-refractivity contribution >= 4 is 5.97 Å². The molecule has 17 heavy (non-hydrogen) atoms. The van der Waals surface area contributed by atoms with E-state index in [9.17, 15) is 4.79 Å². The molecule has 0 atom stereocenters. The Bertz CT molecular complexity index is 512. The molecule has 0 aliphatic rings. The van der Waals surface area contributed by atoms with Gasteiger partial charge >= 0.3 is 5.97 Å². The second-order valence-corrected chi connectivity index (χ2v) is 4.71. The highest BCUT2D eigenvalue weighted by Crippen LogP contribution is 2.22. The molecule has 0 saturated carbocycles. The molecule has 90 valence electrons. The highest BCUT2D eigenvalue weighted by Gasteiger charge is 2.28. The van der Waals surface area contributed by atoms with Gasteiger partial charge in [0.25, 0.3) is 0 Å². The largest absolute Gasteiger partial charge is 0.481 e. The van der Waals surface area contributed by atoms with E-state index < -0.39 is 11.4 Å². The van der Waals surface area contributed by atoms with Crippen molar-refractivity contribution in [2.45, 2.75) is 20.3 Å². The van der Waals surface area contributed by atoms with Crippen LogP contribution in [-0.4, -0.2) is 26.0 Å².